The zero-order valence-electron chi connectivity index (χ0n) is 17.8. The van der Waals surface area contributed by atoms with Crippen molar-refractivity contribution in [2.75, 3.05) is 18.1 Å². The smallest absolute Gasteiger partial charge is 0.278 e. The summed E-state index contributed by atoms with van der Waals surface area (Å²) in [5, 5.41) is 4.34. The largest absolute Gasteiger partial charge is 0.477 e. The molecule has 31 heavy (non-hydrogen) atoms. The van der Waals surface area contributed by atoms with Crippen molar-refractivity contribution < 1.29 is 9.53 Å². The van der Waals surface area contributed by atoms with Gasteiger partial charge in [0.15, 0.2) is 0 Å². The number of fused-ring (bicyclic) bond motifs is 7. The Morgan fingerprint density at radius 3 is 2.87 bits per heavy atom. The Kier molecular flexibility index (Phi) is 5.02. The Balaban J connectivity index is 1.59. The summed E-state index contributed by atoms with van der Waals surface area (Å²) in [5.41, 5.74) is 5.11. The molecule has 5 rings (SSSR count). The molecule has 2 bridgehead atoms. The number of hydrogen-bond acceptors (Lipinski definition) is 5. The van der Waals surface area contributed by atoms with Crippen molar-refractivity contribution in [1.82, 2.24) is 14.8 Å². The molecular formula is C24H25N5O2. The minimum atomic E-state index is -0.249. The number of aliphatic imine (C=N–C) groups is 1. The molecule has 2 aromatic heterocycles. The summed E-state index contributed by atoms with van der Waals surface area (Å²) >= 11 is 0. The lowest BCUT2D eigenvalue weighted by Crippen LogP contribution is -2.29. The van der Waals surface area contributed by atoms with E-state index < -0.39 is 0 Å². The molecule has 7 heteroatoms. The van der Waals surface area contributed by atoms with Crippen molar-refractivity contribution in [2.24, 2.45) is 12.0 Å². The second-order valence-corrected chi connectivity index (χ2v) is 8.07. The predicted molar refractivity (Wildman–Crippen MR) is 120 cm³/mol. The Morgan fingerprint density at radius 1 is 1.10 bits per heavy atom. The predicted octanol–water partition coefficient (Wildman–Crippen LogP) is 3.95. The van der Waals surface area contributed by atoms with Gasteiger partial charge < -0.3 is 9.64 Å². The van der Waals surface area contributed by atoms with Crippen molar-refractivity contribution in [3.05, 3.63) is 59.4 Å². The quantitative estimate of drug-likeness (QED) is 0.556. The highest BCUT2D eigenvalue weighted by atomic mass is 16.5. The molecule has 3 aromatic rings. The summed E-state index contributed by atoms with van der Waals surface area (Å²) in [4.78, 5) is 24.6. The molecular weight excluding hydrogens is 390 g/mol. The van der Waals surface area contributed by atoms with Gasteiger partial charge in [0.25, 0.3) is 5.91 Å². The fraction of sp³-hybridized carbons (Fsp3) is 0.333. The van der Waals surface area contributed by atoms with Gasteiger partial charge >= 0.3 is 0 Å². The number of hydrogen-bond donors (Lipinski definition) is 0. The molecule has 0 radical (unpaired) electrons. The molecule has 0 fully saturated rings. The maximum Gasteiger partial charge on any atom is 0.278 e. The Labute approximate surface area is 181 Å². The average molecular weight is 415 g/mol. The van der Waals surface area contributed by atoms with Crippen LogP contribution in [0.3, 0.4) is 0 Å². The Bertz CT molecular complexity index is 1180. The maximum absolute atomic E-state index is 13.2. The molecule has 0 saturated carbocycles. The van der Waals surface area contributed by atoms with Crippen LogP contribution in [-0.2, 0) is 13.5 Å². The number of carbonyl (C=O) groups is 1. The van der Waals surface area contributed by atoms with Gasteiger partial charge in [-0.25, -0.2) is 4.68 Å². The summed E-state index contributed by atoms with van der Waals surface area (Å²) in [7, 11) is 1.85. The summed E-state index contributed by atoms with van der Waals surface area (Å²) in [6.45, 7) is 3.33. The molecule has 1 aromatic carbocycles. The SMILES string of the molecule is Cc1cc2cc(n1)-c1cnn(C)c1OCCCCCN1C(=NC2=O)Cc2ccccc21. The number of aromatic nitrogens is 3. The van der Waals surface area contributed by atoms with Crippen LogP contribution >= 0.6 is 0 Å². The number of carbonyl (C=O) groups excluding carboxylic acids is 1. The lowest BCUT2D eigenvalue weighted by molar-refractivity contribution is 0.100. The molecule has 2 aliphatic rings. The molecule has 7 nitrogen and oxygen atoms in total. The molecule has 1 amide bonds. The standard InChI is InChI=1S/C24H25N5O2/c1-16-12-18-13-20(26-16)19-15-25-28(2)24(19)31-11-7-3-6-10-29-21-9-5-4-8-17(21)14-22(29)27-23(18)30/h4-5,8-9,12-13,15H,3,6-7,10-11,14H2,1-2H3. The first-order valence-electron chi connectivity index (χ1n) is 10.7. The highest BCUT2D eigenvalue weighted by Crippen LogP contribution is 2.32. The van der Waals surface area contributed by atoms with Crippen LogP contribution in [0.5, 0.6) is 5.88 Å². The molecule has 4 heterocycles. The van der Waals surface area contributed by atoms with Gasteiger partial charge in [0, 0.05) is 37.0 Å². The Morgan fingerprint density at radius 2 is 1.97 bits per heavy atom. The van der Waals surface area contributed by atoms with E-state index in [9.17, 15) is 4.79 Å². The van der Waals surface area contributed by atoms with Gasteiger partial charge in [0.1, 0.15) is 5.84 Å². The third kappa shape index (κ3) is 3.71. The fourth-order valence-electron chi connectivity index (χ4n) is 4.28. The van der Waals surface area contributed by atoms with Gasteiger partial charge in [-0.3, -0.25) is 9.78 Å². The minimum Gasteiger partial charge on any atom is -0.477 e. The van der Waals surface area contributed by atoms with Crippen LogP contribution in [0, 0.1) is 6.92 Å². The van der Waals surface area contributed by atoms with Crippen molar-refractivity contribution in [3.8, 4) is 17.1 Å². The van der Waals surface area contributed by atoms with Crippen LogP contribution in [0.2, 0.25) is 0 Å². The molecule has 0 atom stereocenters. The number of aryl methyl sites for hydroxylation is 2. The maximum atomic E-state index is 13.2. The lowest BCUT2D eigenvalue weighted by atomic mass is 10.1. The monoisotopic (exact) mass is 415 g/mol. The topological polar surface area (TPSA) is 72.6 Å². The van der Waals surface area contributed by atoms with E-state index in [2.05, 4.69) is 32.1 Å². The van der Waals surface area contributed by atoms with Crippen LogP contribution < -0.4 is 9.64 Å². The van der Waals surface area contributed by atoms with E-state index in [1.807, 2.05) is 26.1 Å². The second kappa shape index (κ2) is 7.98. The summed E-state index contributed by atoms with van der Waals surface area (Å²) < 4.78 is 7.79. The van der Waals surface area contributed by atoms with Gasteiger partial charge in [0.2, 0.25) is 5.88 Å². The number of pyridine rings is 1. The summed E-state index contributed by atoms with van der Waals surface area (Å²) in [5.74, 6) is 1.24. The van der Waals surface area contributed by atoms with Crippen LogP contribution in [0.15, 0.2) is 47.6 Å². The Hall–Kier alpha value is -3.48. The highest BCUT2D eigenvalue weighted by Gasteiger charge is 2.26. The third-order valence-electron chi connectivity index (χ3n) is 5.80. The number of amidine groups is 1. The molecule has 0 saturated heterocycles. The van der Waals surface area contributed by atoms with E-state index in [1.54, 1.807) is 23.0 Å². The zero-order valence-corrected chi connectivity index (χ0v) is 17.8. The van der Waals surface area contributed by atoms with E-state index >= 15 is 0 Å². The van der Waals surface area contributed by atoms with Crippen molar-refractivity contribution in [3.63, 3.8) is 0 Å². The normalized spacial score (nSPS) is 16.4. The van der Waals surface area contributed by atoms with E-state index in [4.69, 9.17) is 4.74 Å². The second-order valence-electron chi connectivity index (χ2n) is 8.07. The first-order chi connectivity index (χ1) is 15.1. The highest BCUT2D eigenvalue weighted by molar-refractivity contribution is 6.12. The van der Waals surface area contributed by atoms with Crippen molar-refractivity contribution in [1.29, 1.82) is 0 Å². The van der Waals surface area contributed by atoms with Crippen LogP contribution in [0.25, 0.3) is 11.3 Å². The minimum absolute atomic E-state index is 0.249. The summed E-state index contributed by atoms with van der Waals surface area (Å²) in [6, 6.07) is 11.9. The molecule has 0 unspecified atom stereocenters. The summed E-state index contributed by atoms with van der Waals surface area (Å²) in [6.07, 6.45) is 5.38. The van der Waals surface area contributed by atoms with Crippen LogP contribution in [0.4, 0.5) is 5.69 Å². The number of benzene rings is 1. The fourth-order valence-corrected chi connectivity index (χ4v) is 4.28. The first kappa shape index (κ1) is 19.5. The number of rotatable bonds is 0. The number of para-hydroxylation sites is 1. The average Bonchev–Trinajstić information content (AvgIpc) is 3.29. The van der Waals surface area contributed by atoms with Crippen molar-refractivity contribution >= 4 is 17.4 Å². The van der Waals surface area contributed by atoms with Gasteiger partial charge in [0.05, 0.1) is 24.1 Å². The third-order valence-corrected chi connectivity index (χ3v) is 5.80. The number of ether oxygens (including phenoxy) is 1. The molecule has 0 spiro atoms. The number of anilines is 1. The van der Waals surface area contributed by atoms with Gasteiger partial charge in [-0.1, -0.05) is 18.2 Å². The van der Waals surface area contributed by atoms with Gasteiger partial charge in [-0.05, 0) is 49.9 Å². The number of amides is 1. The molecule has 0 aliphatic carbocycles. The van der Waals surface area contributed by atoms with Crippen LogP contribution in [-0.4, -0.2) is 39.7 Å². The van der Waals surface area contributed by atoms with E-state index in [1.165, 1.54) is 5.56 Å². The van der Waals surface area contributed by atoms with Crippen molar-refractivity contribution in [2.45, 2.75) is 32.6 Å². The first-order valence-corrected chi connectivity index (χ1v) is 10.7. The molecule has 2 aliphatic heterocycles. The zero-order chi connectivity index (χ0) is 21.4. The van der Waals surface area contributed by atoms with E-state index in [-0.39, 0.29) is 5.91 Å². The van der Waals surface area contributed by atoms with Crippen LogP contribution in [0.1, 0.15) is 40.9 Å². The van der Waals surface area contributed by atoms with E-state index in [0.717, 1.165) is 48.6 Å². The van der Waals surface area contributed by atoms with E-state index in [0.29, 0.717) is 30.2 Å². The van der Waals surface area contributed by atoms with Gasteiger partial charge in [-0.2, -0.15) is 10.1 Å². The lowest BCUT2D eigenvalue weighted by Gasteiger charge is -2.20. The molecule has 0 N–H and O–H groups in total. The number of nitrogens with zero attached hydrogens (tertiary/aromatic N) is 5. The molecule has 158 valence electrons. The van der Waals surface area contributed by atoms with Gasteiger partial charge in [-0.15, -0.1) is 0 Å².